The molecule has 0 aliphatic carbocycles. The molecule has 0 unspecified atom stereocenters. The summed E-state index contributed by atoms with van der Waals surface area (Å²) in [6.45, 7) is 20.0. The van der Waals surface area contributed by atoms with Gasteiger partial charge in [0.2, 0.25) is 0 Å². The monoisotopic (exact) mass is 414 g/mol. The summed E-state index contributed by atoms with van der Waals surface area (Å²) >= 11 is 0. The van der Waals surface area contributed by atoms with Gasteiger partial charge in [-0.05, 0) is 48.8 Å². The first-order valence-electron chi connectivity index (χ1n) is 11.3. The van der Waals surface area contributed by atoms with E-state index in [1.54, 1.807) is 0 Å². The van der Waals surface area contributed by atoms with E-state index in [0.29, 0.717) is 0 Å². The van der Waals surface area contributed by atoms with E-state index in [4.69, 9.17) is 39.2 Å². The summed E-state index contributed by atoms with van der Waals surface area (Å²) in [4.78, 5) is 0. The minimum absolute atomic E-state index is 0.536. The number of hydrogen-bond acceptors (Lipinski definition) is 0. The highest BCUT2D eigenvalue weighted by atomic mass is 14.3. The van der Waals surface area contributed by atoms with Gasteiger partial charge in [-0.25, -0.2) is 0 Å². The van der Waals surface area contributed by atoms with Crippen LogP contribution >= 0.6 is 0 Å². The van der Waals surface area contributed by atoms with E-state index in [-0.39, 0.29) is 0 Å². The average molecular weight is 414 g/mol. The highest BCUT2D eigenvalue weighted by Gasteiger charge is 2.30. The van der Waals surface area contributed by atoms with Crippen LogP contribution in [0, 0.1) is 0 Å². The maximum absolute atomic E-state index is 6.74. The summed E-state index contributed by atoms with van der Waals surface area (Å²) < 4.78 is 0. The third-order valence-corrected chi connectivity index (χ3v) is 5.98. The van der Waals surface area contributed by atoms with Crippen LogP contribution < -0.4 is 0 Å². The molecular weight excluding hydrogens is 378 g/mol. The number of rotatable bonds is 6. The van der Waals surface area contributed by atoms with Gasteiger partial charge in [0.25, 0.3) is 0 Å². The maximum Gasteiger partial charge on any atom is 0.0803 e. The van der Waals surface area contributed by atoms with Gasteiger partial charge in [-0.3, -0.25) is 0 Å². The highest BCUT2D eigenvalue weighted by Crippen LogP contribution is 2.43. The summed E-state index contributed by atoms with van der Waals surface area (Å²) in [5.41, 5.74) is 7.04. The van der Waals surface area contributed by atoms with Crippen molar-refractivity contribution in [2.75, 3.05) is 0 Å². The van der Waals surface area contributed by atoms with Crippen molar-refractivity contribution in [1.82, 2.24) is 0 Å². The molecule has 32 heavy (non-hydrogen) atoms. The minimum atomic E-state index is -0.622. The van der Waals surface area contributed by atoms with Crippen molar-refractivity contribution in [1.29, 1.82) is 0 Å². The van der Waals surface area contributed by atoms with Gasteiger partial charge >= 0.3 is 0 Å². The minimum Gasteiger partial charge on any atom is -0.0639 e. The van der Waals surface area contributed by atoms with Gasteiger partial charge in [0.15, 0.2) is 0 Å². The molecule has 0 heterocycles. The fourth-order valence-corrected chi connectivity index (χ4v) is 3.86. The van der Waals surface area contributed by atoms with E-state index in [1.807, 2.05) is 69.2 Å². The molecular formula is C27H35B5. The van der Waals surface area contributed by atoms with Crippen LogP contribution in [-0.2, 0) is 26.6 Å². The summed E-state index contributed by atoms with van der Waals surface area (Å²) in [5, 5.41) is -2.85. The Morgan fingerprint density at radius 2 is 0.688 bits per heavy atom. The first kappa shape index (κ1) is 27.0. The lowest BCUT2D eigenvalue weighted by Crippen LogP contribution is -2.27. The summed E-state index contributed by atoms with van der Waals surface area (Å²) in [7, 11) is 33.1. The van der Waals surface area contributed by atoms with E-state index in [1.165, 1.54) is 0 Å². The first-order valence-corrected chi connectivity index (χ1v) is 11.3. The second kappa shape index (κ2) is 8.21. The lowest BCUT2D eigenvalue weighted by Gasteiger charge is -2.35. The quantitative estimate of drug-likeness (QED) is 0.559. The largest absolute Gasteiger partial charge is 0.0803 e. The lowest BCUT2D eigenvalue weighted by molar-refractivity contribution is 0.710. The summed E-state index contributed by atoms with van der Waals surface area (Å²) in [6, 6.07) is 10.6. The van der Waals surface area contributed by atoms with Crippen LogP contribution in [0.25, 0.3) is 11.1 Å². The second-order valence-electron chi connectivity index (χ2n) is 12.4. The third kappa shape index (κ3) is 6.01. The molecule has 158 valence electrons. The van der Waals surface area contributed by atoms with Crippen LogP contribution in [0.1, 0.15) is 97.1 Å². The zero-order chi connectivity index (χ0) is 25.1. The van der Waals surface area contributed by atoms with Crippen molar-refractivity contribution in [3.63, 3.8) is 0 Å². The molecule has 2 rings (SSSR count). The van der Waals surface area contributed by atoms with Crippen molar-refractivity contribution in [3.05, 3.63) is 58.1 Å². The molecule has 0 N–H and O–H groups in total. The van der Waals surface area contributed by atoms with E-state index < -0.39 is 26.6 Å². The Kier molecular flexibility index (Phi) is 6.93. The van der Waals surface area contributed by atoms with Crippen LogP contribution in [0.15, 0.2) is 30.3 Å². The van der Waals surface area contributed by atoms with Gasteiger partial charge in [-0.2, -0.15) is 0 Å². The van der Waals surface area contributed by atoms with Gasteiger partial charge in [0.1, 0.15) is 0 Å². The number of hydrogen-bond donors (Lipinski definition) is 0. The Morgan fingerprint density at radius 3 is 0.938 bits per heavy atom. The lowest BCUT2D eigenvalue weighted by atomic mass is 9.57. The molecule has 10 radical (unpaired) electrons. The first-order chi connectivity index (χ1) is 14.0. The standard InChI is InChI=1S/C27H35B5/c1-23(2,28)17-11-16(12-18(13-17)24(3,4)29)22-20(26(7,8)31)14-19(25(5,6)30)15-21(22)27(9,10)32/h11-15H,1-10H3. The van der Waals surface area contributed by atoms with E-state index in [9.17, 15) is 0 Å². The molecule has 0 amide bonds. The van der Waals surface area contributed by atoms with Gasteiger partial charge in [-0.15, -0.1) is 0 Å². The van der Waals surface area contributed by atoms with Crippen molar-refractivity contribution < 1.29 is 0 Å². The molecule has 0 atom stereocenters. The van der Waals surface area contributed by atoms with Crippen molar-refractivity contribution in [2.24, 2.45) is 0 Å². The Labute approximate surface area is 204 Å². The van der Waals surface area contributed by atoms with Crippen LogP contribution in [0.2, 0.25) is 0 Å². The Balaban J connectivity index is 3.12. The van der Waals surface area contributed by atoms with Gasteiger partial charge < -0.3 is 0 Å². The molecule has 0 spiro atoms. The highest BCUT2D eigenvalue weighted by molar-refractivity contribution is 6.19. The van der Waals surface area contributed by atoms with Crippen molar-refractivity contribution >= 4 is 39.2 Å². The van der Waals surface area contributed by atoms with E-state index >= 15 is 0 Å². The molecule has 0 fully saturated rings. The zero-order valence-electron chi connectivity index (χ0n) is 21.8. The molecule has 0 aliphatic rings. The summed E-state index contributed by atoms with van der Waals surface area (Å²) in [5.74, 6) is 0. The van der Waals surface area contributed by atoms with E-state index in [0.717, 1.165) is 38.9 Å². The molecule has 2 aromatic carbocycles. The summed E-state index contributed by atoms with van der Waals surface area (Å²) in [6.07, 6.45) is 0. The molecule has 0 nitrogen and oxygen atoms in total. The number of benzene rings is 2. The van der Waals surface area contributed by atoms with E-state index in [2.05, 4.69) is 30.3 Å². The molecule has 0 aliphatic heterocycles. The fourth-order valence-electron chi connectivity index (χ4n) is 3.86. The van der Waals surface area contributed by atoms with Crippen LogP contribution in [0.5, 0.6) is 0 Å². The van der Waals surface area contributed by atoms with Crippen LogP contribution in [-0.4, -0.2) is 39.2 Å². The normalized spacial score (nSPS) is 13.9. The maximum atomic E-state index is 6.74. The predicted octanol–water partition coefficient (Wildman–Crippen LogP) is 5.37. The molecule has 2 aromatic rings. The van der Waals surface area contributed by atoms with Gasteiger partial charge in [0, 0.05) is 0 Å². The molecule has 0 saturated carbocycles. The molecule has 5 heteroatoms. The van der Waals surface area contributed by atoms with Crippen molar-refractivity contribution in [3.8, 4) is 11.1 Å². The average Bonchev–Trinajstić information content (AvgIpc) is 2.56. The second-order valence-corrected chi connectivity index (χ2v) is 12.4. The Morgan fingerprint density at radius 1 is 0.406 bits per heavy atom. The molecule has 0 bridgehead atoms. The molecule has 0 aromatic heterocycles. The fraction of sp³-hybridized carbons (Fsp3) is 0.556. The zero-order valence-corrected chi connectivity index (χ0v) is 21.8. The Hall–Kier alpha value is -1.24. The molecule has 0 saturated heterocycles. The van der Waals surface area contributed by atoms with Crippen LogP contribution in [0.4, 0.5) is 0 Å². The smallest absolute Gasteiger partial charge is 0.0639 e. The third-order valence-electron chi connectivity index (χ3n) is 5.98. The topological polar surface area (TPSA) is 0 Å². The van der Waals surface area contributed by atoms with Gasteiger partial charge in [0.05, 0.1) is 39.2 Å². The van der Waals surface area contributed by atoms with Crippen molar-refractivity contribution in [2.45, 2.75) is 95.8 Å². The van der Waals surface area contributed by atoms with Crippen LogP contribution in [0.3, 0.4) is 0 Å². The predicted molar refractivity (Wildman–Crippen MR) is 146 cm³/mol. The SMILES string of the molecule is [B]C(C)(C)c1cc(-c2c(C([B])(C)C)cc(C([B])(C)C)cc2C([B])(C)C)cc(C([B])(C)C)c1. The Bertz CT molecular complexity index is 918. The van der Waals surface area contributed by atoms with Gasteiger partial charge in [-0.1, -0.05) is 116 Å².